The van der Waals surface area contributed by atoms with Crippen LogP contribution in [0, 0.1) is 23.2 Å². The molecule has 1 unspecified atom stereocenters. The molecule has 2 saturated heterocycles. The third kappa shape index (κ3) is 9.26. The molecule has 1 aromatic rings. The van der Waals surface area contributed by atoms with Crippen LogP contribution >= 0.6 is 11.3 Å². The number of rotatable bonds is 11. The van der Waals surface area contributed by atoms with Crippen LogP contribution in [0.5, 0.6) is 0 Å². The topological polar surface area (TPSA) is 110 Å². The minimum absolute atomic E-state index is 0.0999. The van der Waals surface area contributed by atoms with Gasteiger partial charge in [0.15, 0.2) is 11.9 Å². The number of thiazole rings is 1. The summed E-state index contributed by atoms with van der Waals surface area (Å²) in [5.74, 6) is 5.60. The quantitative estimate of drug-likeness (QED) is 0.220. The smallest absolute Gasteiger partial charge is 0.276 e. The highest BCUT2D eigenvalue weighted by Gasteiger charge is 2.51. The van der Waals surface area contributed by atoms with Crippen LogP contribution in [0.15, 0.2) is 23.5 Å². The Morgan fingerprint density at radius 3 is 2.67 bits per heavy atom. The second-order valence-corrected chi connectivity index (χ2v) is 15.1. The number of fused-ring (bicyclic) bond motifs is 1. The molecule has 3 atom stereocenters. The molecule has 1 N–H and O–H groups in total. The number of likely N-dealkylation sites (tertiary alicyclic amines) is 1. The predicted octanol–water partition coefficient (Wildman–Crippen LogP) is 3.38. The van der Waals surface area contributed by atoms with Crippen LogP contribution in [-0.2, 0) is 19.2 Å². The summed E-state index contributed by atoms with van der Waals surface area (Å²) in [4.78, 5) is 60.3. The van der Waals surface area contributed by atoms with Gasteiger partial charge in [-0.25, -0.2) is 4.98 Å². The van der Waals surface area contributed by atoms with E-state index in [2.05, 4.69) is 42.5 Å². The number of unbranched alkanes of at least 4 members (excludes halogenated alkanes) is 1. The molecule has 0 radical (unpaired) electrons. The zero-order valence-electron chi connectivity index (χ0n) is 28.4. The van der Waals surface area contributed by atoms with Crippen molar-refractivity contribution in [2.45, 2.75) is 84.9 Å². The van der Waals surface area contributed by atoms with E-state index < -0.39 is 18.1 Å². The van der Waals surface area contributed by atoms with E-state index in [1.807, 2.05) is 38.2 Å². The molecule has 12 heteroatoms. The molecule has 11 nitrogen and oxygen atoms in total. The highest BCUT2D eigenvalue weighted by Crippen LogP contribution is 2.37. The van der Waals surface area contributed by atoms with E-state index in [0.29, 0.717) is 36.6 Å². The average molecular weight is 655 g/mol. The standard InChI is InChI=1S/C34H50N6O5S/c1-24(2)19-28-33(44)39-27(20-34(3,4)5)32(43)38(26-14-17-37(21-26)16-8-9-18-41)22-30(39)40(45-28)31(42)13-12-29-35-25(23-46-29)11-10-15-36(6)7/h12-13,22-24,26-28,41H,8-9,14-21H2,1-7H3/b13-12+/t26?,27-,28+/m0/s1. The number of hydrogen-bond donors (Lipinski definition) is 1. The molecule has 4 rings (SSSR count). The summed E-state index contributed by atoms with van der Waals surface area (Å²) in [6.45, 7) is 13.3. The Morgan fingerprint density at radius 1 is 1.24 bits per heavy atom. The highest BCUT2D eigenvalue weighted by molar-refractivity contribution is 7.10. The van der Waals surface area contributed by atoms with Gasteiger partial charge in [0, 0.05) is 31.2 Å². The van der Waals surface area contributed by atoms with E-state index in [1.54, 1.807) is 17.2 Å². The van der Waals surface area contributed by atoms with Crippen LogP contribution in [-0.4, -0.2) is 118 Å². The molecular weight excluding hydrogens is 604 g/mol. The van der Waals surface area contributed by atoms with Crippen molar-refractivity contribution in [3.63, 3.8) is 0 Å². The Labute approximate surface area is 277 Å². The van der Waals surface area contributed by atoms with Crippen molar-refractivity contribution in [1.29, 1.82) is 0 Å². The third-order valence-electron chi connectivity index (χ3n) is 8.02. The van der Waals surface area contributed by atoms with E-state index in [0.717, 1.165) is 32.4 Å². The van der Waals surface area contributed by atoms with Crippen molar-refractivity contribution < 1.29 is 24.3 Å². The van der Waals surface area contributed by atoms with Gasteiger partial charge in [0.1, 0.15) is 16.7 Å². The molecule has 0 saturated carbocycles. The first-order valence-electron chi connectivity index (χ1n) is 16.3. The Balaban J connectivity index is 1.66. The first-order valence-corrected chi connectivity index (χ1v) is 17.1. The van der Waals surface area contributed by atoms with Crippen LogP contribution in [0.3, 0.4) is 0 Å². The maximum absolute atomic E-state index is 14.2. The van der Waals surface area contributed by atoms with Crippen molar-refractivity contribution in [3.8, 4) is 11.8 Å². The molecular formula is C34H50N6O5S. The molecule has 3 aliphatic rings. The fourth-order valence-corrected chi connectivity index (χ4v) is 6.52. The molecule has 4 heterocycles. The first kappa shape index (κ1) is 35.8. The summed E-state index contributed by atoms with van der Waals surface area (Å²) in [7, 11) is 3.90. The van der Waals surface area contributed by atoms with E-state index >= 15 is 0 Å². The zero-order valence-corrected chi connectivity index (χ0v) is 29.2. The Bertz CT molecular complexity index is 1370. The average Bonchev–Trinajstić information content (AvgIpc) is 3.63. The van der Waals surface area contributed by atoms with E-state index in [1.165, 1.54) is 27.4 Å². The number of aliphatic hydroxyl groups is 1. The number of nitrogens with zero attached hydrogens (tertiary/aromatic N) is 6. The highest BCUT2D eigenvalue weighted by atomic mass is 32.1. The summed E-state index contributed by atoms with van der Waals surface area (Å²) in [6, 6.07) is -0.867. The van der Waals surface area contributed by atoms with Gasteiger partial charge >= 0.3 is 0 Å². The maximum Gasteiger partial charge on any atom is 0.276 e. The molecule has 46 heavy (non-hydrogen) atoms. The molecule has 0 bridgehead atoms. The van der Waals surface area contributed by atoms with Gasteiger partial charge in [-0.2, -0.15) is 5.06 Å². The van der Waals surface area contributed by atoms with Gasteiger partial charge in [-0.1, -0.05) is 40.5 Å². The fourth-order valence-electron chi connectivity index (χ4n) is 5.88. The van der Waals surface area contributed by atoms with Crippen LogP contribution in [0.4, 0.5) is 0 Å². The van der Waals surface area contributed by atoms with Gasteiger partial charge in [-0.15, -0.1) is 11.3 Å². The van der Waals surface area contributed by atoms with Gasteiger partial charge in [-0.3, -0.25) is 29.0 Å². The SMILES string of the molecule is CC(C)C[C@H]1ON(C(=O)/C=C/c2nc(C#CCN(C)C)cs2)C2=CN(C3CCN(CCCCO)C3)C(=O)[C@H](CC(C)(C)C)N2C1=O. The van der Waals surface area contributed by atoms with Crippen molar-refractivity contribution in [2.75, 3.05) is 46.9 Å². The Morgan fingerprint density at radius 2 is 2.00 bits per heavy atom. The third-order valence-corrected chi connectivity index (χ3v) is 8.83. The molecule has 0 spiro atoms. The zero-order chi connectivity index (χ0) is 33.6. The molecule has 0 aliphatic carbocycles. The minimum Gasteiger partial charge on any atom is -0.396 e. The Hall–Kier alpha value is -3.08. The summed E-state index contributed by atoms with van der Waals surface area (Å²) < 4.78 is 0. The van der Waals surface area contributed by atoms with Crippen molar-refractivity contribution in [2.24, 2.45) is 11.3 Å². The molecule has 252 valence electrons. The Kier molecular flexibility index (Phi) is 12.2. The number of aliphatic hydroxyl groups excluding tert-OH is 1. The molecule has 2 fully saturated rings. The minimum atomic E-state index is -0.900. The van der Waals surface area contributed by atoms with Gasteiger partial charge in [0.25, 0.3) is 11.8 Å². The van der Waals surface area contributed by atoms with Crippen LogP contribution in [0.1, 0.15) is 77.4 Å². The molecule has 3 aliphatic heterocycles. The fraction of sp³-hybridized carbons (Fsp3) is 0.647. The summed E-state index contributed by atoms with van der Waals surface area (Å²) in [5, 5.41) is 12.9. The molecule has 1 aromatic heterocycles. The van der Waals surface area contributed by atoms with E-state index in [9.17, 15) is 19.5 Å². The number of carbonyl (C=O) groups is 3. The lowest BCUT2D eigenvalue weighted by Gasteiger charge is -2.49. The van der Waals surface area contributed by atoms with E-state index in [-0.39, 0.29) is 41.6 Å². The van der Waals surface area contributed by atoms with Crippen LogP contribution < -0.4 is 0 Å². The summed E-state index contributed by atoms with van der Waals surface area (Å²) in [5.41, 5.74) is 0.373. The monoisotopic (exact) mass is 654 g/mol. The van der Waals surface area contributed by atoms with E-state index in [4.69, 9.17) is 4.84 Å². The summed E-state index contributed by atoms with van der Waals surface area (Å²) >= 11 is 1.38. The molecule has 3 amide bonds. The number of hydrogen-bond acceptors (Lipinski definition) is 9. The maximum atomic E-state index is 14.2. The second kappa shape index (κ2) is 15.7. The normalized spacial score (nSPS) is 22.6. The van der Waals surface area contributed by atoms with Crippen molar-refractivity contribution in [3.05, 3.63) is 34.2 Å². The predicted molar refractivity (Wildman–Crippen MR) is 179 cm³/mol. The van der Waals surface area contributed by atoms with Gasteiger partial charge in [-0.05, 0) is 76.1 Å². The van der Waals surface area contributed by atoms with Crippen LogP contribution in [0.2, 0.25) is 0 Å². The lowest BCUT2D eigenvalue weighted by molar-refractivity contribution is -0.226. The molecule has 0 aromatic carbocycles. The summed E-state index contributed by atoms with van der Waals surface area (Å²) in [6.07, 6.45) is 7.01. The lowest BCUT2D eigenvalue weighted by Crippen LogP contribution is -2.64. The van der Waals surface area contributed by atoms with Gasteiger partial charge < -0.3 is 14.9 Å². The number of aromatic nitrogens is 1. The largest absolute Gasteiger partial charge is 0.396 e. The lowest BCUT2D eigenvalue weighted by atomic mass is 9.85. The van der Waals surface area contributed by atoms with Crippen molar-refractivity contribution in [1.82, 2.24) is 29.6 Å². The second-order valence-electron chi connectivity index (χ2n) is 14.2. The number of amides is 3. The van der Waals surface area contributed by atoms with Crippen molar-refractivity contribution >= 4 is 35.1 Å². The van der Waals surface area contributed by atoms with Gasteiger partial charge in [0.05, 0.1) is 18.8 Å². The van der Waals surface area contributed by atoms with Crippen LogP contribution in [0.25, 0.3) is 6.08 Å². The van der Waals surface area contributed by atoms with Gasteiger partial charge in [0.2, 0.25) is 5.91 Å². The number of hydroxylamine groups is 2. The first-order chi connectivity index (χ1) is 21.8. The number of carbonyl (C=O) groups excluding carboxylic acids is 3.